The van der Waals surface area contributed by atoms with Crippen LogP contribution in [-0.2, 0) is 11.0 Å². The number of rotatable bonds is 1. The summed E-state index contributed by atoms with van der Waals surface area (Å²) in [6, 6.07) is 8.98. The van der Waals surface area contributed by atoms with Gasteiger partial charge >= 0.3 is 0 Å². The summed E-state index contributed by atoms with van der Waals surface area (Å²) in [5.74, 6) is 0. The van der Waals surface area contributed by atoms with Gasteiger partial charge in [0.2, 0.25) is 0 Å². The first kappa shape index (κ1) is 12.6. The van der Waals surface area contributed by atoms with Crippen LogP contribution in [0.15, 0.2) is 24.3 Å². The van der Waals surface area contributed by atoms with Crippen molar-refractivity contribution in [2.75, 3.05) is 0 Å². The van der Waals surface area contributed by atoms with E-state index in [9.17, 15) is 0 Å². The Morgan fingerprint density at radius 1 is 0.941 bits per heavy atom. The molecule has 17 heavy (non-hydrogen) atoms. The summed E-state index contributed by atoms with van der Waals surface area (Å²) in [5, 5.41) is 0. The van der Waals surface area contributed by atoms with Gasteiger partial charge in [-0.1, -0.05) is 64.3 Å². The molecular weight excluding hydrogens is 206 g/mol. The molecule has 1 aromatic carbocycles. The topological polar surface area (TPSA) is 26.0 Å². The van der Waals surface area contributed by atoms with Gasteiger partial charge in [-0.25, -0.2) is 0 Å². The van der Waals surface area contributed by atoms with Crippen molar-refractivity contribution in [3.63, 3.8) is 0 Å². The Labute approximate surface area is 105 Å². The Kier molecular flexibility index (Phi) is 3.31. The lowest BCUT2D eigenvalue weighted by molar-refractivity contribution is 0.302. The number of nitrogens with two attached hydrogens (primary N) is 1. The van der Waals surface area contributed by atoms with Crippen LogP contribution in [0.2, 0.25) is 0 Å². The van der Waals surface area contributed by atoms with E-state index in [2.05, 4.69) is 45.0 Å². The summed E-state index contributed by atoms with van der Waals surface area (Å²) in [5.41, 5.74) is 9.42. The number of hydrogen-bond donors (Lipinski definition) is 1. The number of benzene rings is 1. The number of hydrogen-bond acceptors (Lipinski definition) is 1. The Morgan fingerprint density at radius 2 is 1.47 bits per heavy atom. The van der Waals surface area contributed by atoms with Gasteiger partial charge in [0.05, 0.1) is 0 Å². The van der Waals surface area contributed by atoms with Crippen LogP contribution >= 0.6 is 0 Å². The quantitative estimate of drug-likeness (QED) is 0.773. The second-order valence-electron chi connectivity index (χ2n) is 6.54. The van der Waals surface area contributed by atoms with Crippen LogP contribution in [0, 0.1) is 0 Å². The van der Waals surface area contributed by atoms with Crippen LogP contribution in [0.4, 0.5) is 0 Å². The second kappa shape index (κ2) is 4.45. The minimum absolute atomic E-state index is 0.0608. The molecule has 0 spiro atoms. The van der Waals surface area contributed by atoms with Crippen molar-refractivity contribution in [3.05, 3.63) is 35.4 Å². The van der Waals surface area contributed by atoms with Crippen LogP contribution < -0.4 is 5.73 Å². The van der Waals surface area contributed by atoms with Crippen LogP contribution in [0.1, 0.15) is 64.0 Å². The van der Waals surface area contributed by atoms with Gasteiger partial charge in [0.15, 0.2) is 0 Å². The molecule has 1 heteroatoms. The fraction of sp³-hybridized carbons (Fsp3) is 0.625. The Balaban J connectivity index is 2.23. The van der Waals surface area contributed by atoms with Gasteiger partial charge in [-0.05, 0) is 29.4 Å². The molecule has 0 aliphatic heterocycles. The van der Waals surface area contributed by atoms with Crippen molar-refractivity contribution in [2.45, 2.75) is 63.8 Å². The normalized spacial score (nSPS) is 20.2. The van der Waals surface area contributed by atoms with Crippen molar-refractivity contribution in [2.24, 2.45) is 5.73 Å². The van der Waals surface area contributed by atoms with Gasteiger partial charge in [0.25, 0.3) is 0 Å². The van der Waals surface area contributed by atoms with E-state index in [1.54, 1.807) is 0 Å². The smallest absolute Gasteiger partial charge is 0.0409 e. The van der Waals surface area contributed by atoms with Crippen molar-refractivity contribution in [1.29, 1.82) is 0 Å². The molecule has 1 aromatic rings. The average Bonchev–Trinajstić information content (AvgIpc) is 2.29. The van der Waals surface area contributed by atoms with E-state index >= 15 is 0 Å². The standard InChI is InChI=1S/C16H25N/c1-15(2,3)13-7-9-14(10-8-13)16(17)11-5-4-6-12-16/h7-10H,4-6,11-12,17H2,1-3H3. The highest BCUT2D eigenvalue weighted by atomic mass is 14.7. The monoisotopic (exact) mass is 231 g/mol. The predicted octanol–water partition coefficient (Wildman–Crippen LogP) is 4.10. The van der Waals surface area contributed by atoms with E-state index in [1.165, 1.54) is 30.4 Å². The molecule has 2 N–H and O–H groups in total. The minimum atomic E-state index is -0.0608. The lowest BCUT2D eigenvalue weighted by Gasteiger charge is -2.34. The highest BCUT2D eigenvalue weighted by molar-refractivity contribution is 5.31. The van der Waals surface area contributed by atoms with Gasteiger partial charge in [-0.15, -0.1) is 0 Å². The maximum Gasteiger partial charge on any atom is 0.0409 e. The van der Waals surface area contributed by atoms with Crippen LogP contribution in [0.3, 0.4) is 0 Å². The summed E-state index contributed by atoms with van der Waals surface area (Å²) in [7, 11) is 0. The molecule has 1 aliphatic rings. The summed E-state index contributed by atoms with van der Waals surface area (Å²) >= 11 is 0. The first-order valence-corrected chi connectivity index (χ1v) is 6.82. The highest BCUT2D eigenvalue weighted by Crippen LogP contribution is 2.35. The lowest BCUT2D eigenvalue weighted by Crippen LogP contribution is -2.38. The largest absolute Gasteiger partial charge is 0.321 e. The zero-order chi connectivity index (χ0) is 12.5. The summed E-state index contributed by atoms with van der Waals surface area (Å²) in [6.07, 6.45) is 6.18. The first-order chi connectivity index (χ1) is 7.92. The molecular formula is C16H25N. The zero-order valence-corrected chi connectivity index (χ0v) is 11.4. The van der Waals surface area contributed by atoms with E-state index in [1.807, 2.05) is 0 Å². The van der Waals surface area contributed by atoms with E-state index in [0.29, 0.717) is 0 Å². The van der Waals surface area contributed by atoms with Crippen LogP contribution in [-0.4, -0.2) is 0 Å². The van der Waals surface area contributed by atoms with Gasteiger partial charge in [0.1, 0.15) is 0 Å². The Hall–Kier alpha value is -0.820. The van der Waals surface area contributed by atoms with Crippen molar-refractivity contribution >= 4 is 0 Å². The third-order valence-corrected chi connectivity index (χ3v) is 4.07. The maximum absolute atomic E-state index is 6.54. The van der Waals surface area contributed by atoms with Gasteiger partial charge < -0.3 is 5.73 Å². The third-order valence-electron chi connectivity index (χ3n) is 4.07. The molecule has 0 unspecified atom stereocenters. The van der Waals surface area contributed by atoms with E-state index in [-0.39, 0.29) is 11.0 Å². The fourth-order valence-corrected chi connectivity index (χ4v) is 2.77. The van der Waals surface area contributed by atoms with Gasteiger partial charge in [0, 0.05) is 5.54 Å². The molecule has 1 saturated carbocycles. The van der Waals surface area contributed by atoms with Crippen molar-refractivity contribution in [3.8, 4) is 0 Å². The molecule has 0 bridgehead atoms. The molecule has 2 rings (SSSR count). The Morgan fingerprint density at radius 3 is 1.94 bits per heavy atom. The minimum Gasteiger partial charge on any atom is -0.321 e. The zero-order valence-electron chi connectivity index (χ0n) is 11.4. The van der Waals surface area contributed by atoms with E-state index in [0.717, 1.165) is 12.8 Å². The molecule has 0 radical (unpaired) electrons. The fourth-order valence-electron chi connectivity index (χ4n) is 2.77. The third kappa shape index (κ3) is 2.71. The van der Waals surface area contributed by atoms with E-state index in [4.69, 9.17) is 5.73 Å². The molecule has 1 aliphatic carbocycles. The second-order valence-corrected chi connectivity index (χ2v) is 6.54. The van der Waals surface area contributed by atoms with Crippen molar-refractivity contribution < 1.29 is 0 Å². The molecule has 0 heterocycles. The molecule has 0 aromatic heterocycles. The van der Waals surface area contributed by atoms with Gasteiger partial charge in [-0.3, -0.25) is 0 Å². The van der Waals surface area contributed by atoms with E-state index < -0.39 is 0 Å². The average molecular weight is 231 g/mol. The van der Waals surface area contributed by atoms with Crippen molar-refractivity contribution in [1.82, 2.24) is 0 Å². The lowest BCUT2D eigenvalue weighted by atomic mass is 9.76. The summed E-state index contributed by atoms with van der Waals surface area (Å²) in [6.45, 7) is 6.75. The highest BCUT2D eigenvalue weighted by Gasteiger charge is 2.29. The molecule has 1 nitrogen and oxygen atoms in total. The molecule has 0 saturated heterocycles. The Bertz CT molecular complexity index is 364. The maximum atomic E-state index is 6.54. The summed E-state index contributed by atoms with van der Waals surface area (Å²) in [4.78, 5) is 0. The first-order valence-electron chi connectivity index (χ1n) is 6.82. The molecule has 0 atom stereocenters. The van der Waals surface area contributed by atoms with Gasteiger partial charge in [-0.2, -0.15) is 0 Å². The summed E-state index contributed by atoms with van der Waals surface area (Å²) < 4.78 is 0. The molecule has 1 fully saturated rings. The molecule has 94 valence electrons. The SMILES string of the molecule is CC(C)(C)c1ccc(C2(N)CCCCC2)cc1. The predicted molar refractivity (Wildman–Crippen MR) is 74.1 cm³/mol. The van der Waals surface area contributed by atoms with Crippen LogP contribution in [0.25, 0.3) is 0 Å². The molecule has 0 amide bonds. The van der Waals surface area contributed by atoms with Crippen LogP contribution in [0.5, 0.6) is 0 Å².